The van der Waals surface area contributed by atoms with Gasteiger partial charge in [-0.3, -0.25) is 4.79 Å². The van der Waals surface area contributed by atoms with Crippen LogP contribution in [-0.2, 0) is 11.2 Å². The number of anilines is 2. The fourth-order valence-electron chi connectivity index (χ4n) is 2.61. The van der Waals surface area contributed by atoms with E-state index in [2.05, 4.69) is 32.7 Å². The zero-order chi connectivity index (χ0) is 20.5. The van der Waals surface area contributed by atoms with Crippen LogP contribution in [0.5, 0.6) is 0 Å². The Balaban J connectivity index is 1.51. The largest absolute Gasteiger partial charge is 0.462 e. The van der Waals surface area contributed by atoms with Crippen LogP contribution in [0.1, 0.15) is 33.2 Å². The van der Waals surface area contributed by atoms with Gasteiger partial charge in [0.05, 0.1) is 17.7 Å². The minimum absolute atomic E-state index is 0.314. The van der Waals surface area contributed by atoms with Gasteiger partial charge in [-0.15, -0.1) is 0 Å². The summed E-state index contributed by atoms with van der Waals surface area (Å²) in [7, 11) is 0. The topological polar surface area (TPSA) is 93.2 Å². The van der Waals surface area contributed by atoms with E-state index >= 15 is 0 Å². The van der Waals surface area contributed by atoms with E-state index in [4.69, 9.17) is 4.74 Å². The highest BCUT2D eigenvalue weighted by molar-refractivity contribution is 6.04. The number of amides is 1. The van der Waals surface area contributed by atoms with E-state index in [0.717, 1.165) is 6.42 Å². The Morgan fingerprint density at radius 1 is 0.931 bits per heavy atom. The monoisotopic (exact) mass is 390 g/mol. The van der Waals surface area contributed by atoms with Crippen molar-refractivity contribution in [1.29, 1.82) is 0 Å². The van der Waals surface area contributed by atoms with E-state index in [9.17, 15) is 9.59 Å². The van der Waals surface area contributed by atoms with Gasteiger partial charge >= 0.3 is 5.97 Å². The van der Waals surface area contributed by atoms with E-state index in [0.29, 0.717) is 35.9 Å². The van der Waals surface area contributed by atoms with Crippen molar-refractivity contribution < 1.29 is 14.3 Å². The van der Waals surface area contributed by atoms with E-state index in [-0.39, 0.29) is 5.91 Å². The fourth-order valence-corrected chi connectivity index (χ4v) is 2.61. The summed E-state index contributed by atoms with van der Waals surface area (Å²) in [5.41, 5.74) is 2.56. The molecule has 0 fully saturated rings. The van der Waals surface area contributed by atoms with Gasteiger partial charge in [-0.1, -0.05) is 30.3 Å². The van der Waals surface area contributed by atoms with Crippen molar-refractivity contribution in [2.75, 3.05) is 23.8 Å². The molecule has 0 aliphatic rings. The smallest absolute Gasteiger partial charge is 0.338 e. The molecule has 2 N–H and O–H groups in total. The molecule has 0 radical (unpaired) electrons. The number of esters is 1. The first-order valence-electron chi connectivity index (χ1n) is 9.34. The Bertz CT molecular complexity index is 942. The van der Waals surface area contributed by atoms with Crippen LogP contribution < -0.4 is 10.6 Å². The lowest BCUT2D eigenvalue weighted by Gasteiger charge is -2.08. The van der Waals surface area contributed by atoms with Crippen molar-refractivity contribution in [3.63, 3.8) is 0 Å². The third kappa shape index (κ3) is 5.87. The van der Waals surface area contributed by atoms with Crippen LogP contribution in [0.15, 0.2) is 67.0 Å². The third-order valence-corrected chi connectivity index (χ3v) is 4.11. The summed E-state index contributed by atoms with van der Waals surface area (Å²) in [4.78, 5) is 32.4. The second-order valence-corrected chi connectivity index (χ2v) is 6.21. The van der Waals surface area contributed by atoms with Crippen LogP contribution in [0.25, 0.3) is 0 Å². The van der Waals surface area contributed by atoms with Crippen LogP contribution in [0.3, 0.4) is 0 Å². The van der Waals surface area contributed by atoms with E-state index in [1.54, 1.807) is 31.2 Å². The van der Waals surface area contributed by atoms with Crippen molar-refractivity contribution in [1.82, 2.24) is 9.97 Å². The molecule has 0 spiro atoms. The molecule has 1 amide bonds. The number of nitrogens with one attached hydrogen (secondary N) is 2. The molecule has 0 unspecified atom stereocenters. The van der Waals surface area contributed by atoms with Gasteiger partial charge in [0.1, 0.15) is 0 Å². The van der Waals surface area contributed by atoms with E-state index in [1.807, 2.05) is 18.2 Å². The Hall–Kier alpha value is -3.74. The molecule has 0 aliphatic carbocycles. The molecule has 0 atom stereocenters. The van der Waals surface area contributed by atoms with Crippen LogP contribution in [0, 0.1) is 0 Å². The minimum atomic E-state index is -0.394. The average Bonchev–Trinajstić information content (AvgIpc) is 2.75. The second-order valence-electron chi connectivity index (χ2n) is 6.21. The van der Waals surface area contributed by atoms with Crippen molar-refractivity contribution in [2.45, 2.75) is 13.3 Å². The molecule has 2 aromatic carbocycles. The summed E-state index contributed by atoms with van der Waals surface area (Å²) in [6, 6.07) is 16.6. The highest BCUT2D eigenvalue weighted by Crippen LogP contribution is 2.12. The van der Waals surface area contributed by atoms with Gasteiger partial charge in [0, 0.05) is 24.6 Å². The zero-order valence-electron chi connectivity index (χ0n) is 16.1. The third-order valence-electron chi connectivity index (χ3n) is 4.11. The Kier molecular flexibility index (Phi) is 6.89. The number of carbonyl (C=O) groups excluding carboxylic acids is 2. The molecule has 0 saturated heterocycles. The number of hydrogen-bond donors (Lipinski definition) is 2. The first-order chi connectivity index (χ1) is 14.2. The molecule has 1 heterocycles. The molecule has 3 aromatic rings. The maximum Gasteiger partial charge on any atom is 0.338 e. The first kappa shape index (κ1) is 20.0. The summed E-state index contributed by atoms with van der Waals surface area (Å²) >= 11 is 0. The maximum absolute atomic E-state index is 12.3. The van der Waals surface area contributed by atoms with Crippen LogP contribution in [0.2, 0.25) is 0 Å². The lowest BCUT2D eigenvalue weighted by molar-refractivity contribution is 0.0526. The van der Waals surface area contributed by atoms with Gasteiger partial charge in [-0.25, -0.2) is 14.8 Å². The van der Waals surface area contributed by atoms with Crippen LogP contribution >= 0.6 is 0 Å². The van der Waals surface area contributed by atoms with Gasteiger partial charge in [0.15, 0.2) is 0 Å². The number of ether oxygens (including phenoxy) is 1. The van der Waals surface area contributed by atoms with Gasteiger partial charge in [0.2, 0.25) is 5.95 Å². The number of aromatic nitrogens is 2. The highest BCUT2D eigenvalue weighted by Gasteiger charge is 2.10. The van der Waals surface area contributed by atoms with E-state index < -0.39 is 5.97 Å². The summed E-state index contributed by atoms with van der Waals surface area (Å²) in [5, 5.41) is 5.89. The van der Waals surface area contributed by atoms with Crippen LogP contribution in [-0.4, -0.2) is 35.0 Å². The summed E-state index contributed by atoms with van der Waals surface area (Å²) < 4.78 is 4.93. The number of hydrogen-bond acceptors (Lipinski definition) is 6. The standard InChI is InChI=1S/C22H22N4O3/c1-2-29-21(28)17-8-10-19(11-9-17)26-20(27)18-14-24-22(25-15-18)23-13-12-16-6-4-3-5-7-16/h3-11,14-15H,2,12-13H2,1H3,(H,26,27)(H,23,24,25). The van der Waals surface area contributed by atoms with Crippen molar-refractivity contribution in [2.24, 2.45) is 0 Å². The molecule has 29 heavy (non-hydrogen) atoms. The van der Waals surface area contributed by atoms with Gasteiger partial charge < -0.3 is 15.4 Å². The van der Waals surface area contributed by atoms with Crippen molar-refractivity contribution in [3.05, 3.63) is 83.7 Å². The van der Waals surface area contributed by atoms with Crippen molar-refractivity contribution in [3.8, 4) is 0 Å². The Morgan fingerprint density at radius 3 is 2.28 bits per heavy atom. The van der Waals surface area contributed by atoms with Gasteiger partial charge in [0.25, 0.3) is 5.91 Å². The van der Waals surface area contributed by atoms with Gasteiger partial charge in [-0.05, 0) is 43.2 Å². The molecule has 7 heteroatoms. The molecular formula is C22H22N4O3. The highest BCUT2D eigenvalue weighted by atomic mass is 16.5. The molecule has 1 aromatic heterocycles. The lowest BCUT2D eigenvalue weighted by Crippen LogP contribution is -2.14. The molecule has 0 bridgehead atoms. The normalized spacial score (nSPS) is 10.2. The molecular weight excluding hydrogens is 368 g/mol. The molecule has 148 valence electrons. The van der Waals surface area contributed by atoms with Crippen molar-refractivity contribution >= 4 is 23.5 Å². The maximum atomic E-state index is 12.3. The number of benzene rings is 2. The Labute approximate surface area is 169 Å². The predicted molar refractivity (Wildman–Crippen MR) is 111 cm³/mol. The van der Waals surface area contributed by atoms with E-state index in [1.165, 1.54) is 18.0 Å². The van der Waals surface area contributed by atoms with Gasteiger partial charge in [-0.2, -0.15) is 0 Å². The van der Waals surface area contributed by atoms with Crippen LogP contribution in [0.4, 0.5) is 11.6 Å². The molecule has 0 saturated carbocycles. The summed E-state index contributed by atoms with van der Waals surface area (Å²) in [6.45, 7) is 2.76. The average molecular weight is 390 g/mol. The number of carbonyl (C=O) groups is 2. The lowest BCUT2D eigenvalue weighted by atomic mass is 10.1. The minimum Gasteiger partial charge on any atom is -0.462 e. The SMILES string of the molecule is CCOC(=O)c1ccc(NC(=O)c2cnc(NCCc3ccccc3)nc2)cc1. The number of rotatable bonds is 8. The zero-order valence-corrected chi connectivity index (χ0v) is 16.1. The molecule has 7 nitrogen and oxygen atoms in total. The molecule has 0 aliphatic heterocycles. The second kappa shape index (κ2) is 9.98. The summed E-state index contributed by atoms with van der Waals surface area (Å²) in [5.74, 6) is -0.255. The Morgan fingerprint density at radius 2 is 1.62 bits per heavy atom. The predicted octanol–water partition coefficient (Wildman–Crippen LogP) is 3.56. The quantitative estimate of drug-likeness (QED) is 0.571. The summed E-state index contributed by atoms with van der Waals surface area (Å²) in [6.07, 6.45) is 3.80. The fraction of sp³-hybridized carbons (Fsp3) is 0.182. The number of nitrogens with zero attached hydrogens (tertiary/aromatic N) is 2. The molecule has 3 rings (SSSR count). The first-order valence-corrected chi connectivity index (χ1v) is 9.34.